The second-order valence-corrected chi connectivity index (χ2v) is 7.51. The molecule has 2 heterocycles. The third-order valence-electron chi connectivity index (χ3n) is 3.93. The Kier molecular flexibility index (Phi) is 4.35. The topological polar surface area (TPSA) is 71.8 Å². The van der Waals surface area contributed by atoms with E-state index in [0.717, 1.165) is 6.42 Å². The van der Waals surface area contributed by atoms with Crippen LogP contribution in [0.3, 0.4) is 0 Å². The van der Waals surface area contributed by atoms with Crippen molar-refractivity contribution in [2.45, 2.75) is 50.0 Å². The van der Waals surface area contributed by atoms with Crippen LogP contribution >= 0.6 is 0 Å². The zero-order valence-electron chi connectivity index (χ0n) is 12.2. The van der Waals surface area contributed by atoms with Gasteiger partial charge in [0.2, 0.25) is 5.09 Å². The van der Waals surface area contributed by atoms with Gasteiger partial charge in [0.25, 0.3) is 10.0 Å². The van der Waals surface area contributed by atoms with Gasteiger partial charge in [-0.2, -0.15) is 4.31 Å². The number of furan rings is 1. The maximum absolute atomic E-state index is 12.6. The van der Waals surface area contributed by atoms with Crippen LogP contribution in [0.1, 0.15) is 31.9 Å². The van der Waals surface area contributed by atoms with Gasteiger partial charge in [-0.1, -0.05) is 6.92 Å². The van der Waals surface area contributed by atoms with Gasteiger partial charge in [0.15, 0.2) is 0 Å². The minimum Gasteiger partial charge on any atom is -0.447 e. The molecule has 1 N–H and O–H groups in total. The van der Waals surface area contributed by atoms with E-state index in [1.165, 1.54) is 17.1 Å². The largest absolute Gasteiger partial charge is 0.447 e. The van der Waals surface area contributed by atoms with Crippen molar-refractivity contribution >= 4 is 10.0 Å². The third-order valence-corrected chi connectivity index (χ3v) is 5.67. The quantitative estimate of drug-likeness (QED) is 0.858. The average Bonchev–Trinajstić information content (AvgIpc) is 3.21. The molecule has 118 valence electrons. The summed E-state index contributed by atoms with van der Waals surface area (Å²) in [5, 5.41) is 3.35. The molecule has 1 atom stereocenters. The normalized spacial score (nSPS) is 24.3. The predicted octanol–water partition coefficient (Wildman–Crippen LogP) is 1.33. The first-order valence-corrected chi connectivity index (χ1v) is 8.97. The van der Waals surface area contributed by atoms with Gasteiger partial charge < -0.3 is 14.5 Å². The summed E-state index contributed by atoms with van der Waals surface area (Å²) in [5.74, 6) is 0.667. The van der Waals surface area contributed by atoms with Gasteiger partial charge in [0.05, 0.1) is 19.3 Å². The minimum atomic E-state index is -3.55. The third kappa shape index (κ3) is 3.48. The molecule has 2 aliphatic rings. The van der Waals surface area contributed by atoms with Crippen molar-refractivity contribution in [3.05, 3.63) is 17.9 Å². The SMILES string of the molecule is CCC1CN(S(=O)(=O)c2ccc(CNC3CC3)o2)CCO1. The fourth-order valence-corrected chi connectivity index (χ4v) is 3.79. The lowest BCUT2D eigenvalue weighted by Crippen LogP contribution is -2.45. The standard InChI is InChI=1S/C14H22N2O4S/c1-2-12-10-16(7-8-19-12)21(17,18)14-6-5-13(20-14)9-15-11-3-4-11/h5-6,11-12,15H,2-4,7-10H2,1H3. The first-order chi connectivity index (χ1) is 10.1. The van der Waals surface area contributed by atoms with Gasteiger partial charge in [-0.05, 0) is 31.4 Å². The molecular formula is C14H22N2O4S. The molecule has 7 heteroatoms. The first-order valence-electron chi connectivity index (χ1n) is 7.53. The van der Waals surface area contributed by atoms with Gasteiger partial charge >= 0.3 is 0 Å². The molecule has 1 aliphatic heterocycles. The number of nitrogens with zero attached hydrogens (tertiary/aromatic N) is 1. The molecule has 0 radical (unpaired) electrons. The van der Waals surface area contributed by atoms with E-state index in [0.29, 0.717) is 38.0 Å². The number of hydrogen-bond donors (Lipinski definition) is 1. The minimum absolute atomic E-state index is 0.0282. The fraction of sp³-hybridized carbons (Fsp3) is 0.714. The van der Waals surface area contributed by atoms with E-state index < -0.39 is 10.0 Å². The van der Waals surface area contributed by atoms with Crippen molar-refractivity contribution in [3.63, 3.8) is 0 Å². The molecule has 1 aromatic rings. The molecule has 0 bridgehead atoms. The molecule has 1 unspecified atom stereocenters. The monoisotopic (exact) mass is 314 g/mol. The van der Waals surface area contributed by atoms with Gasteiger partial charge in [-0.3, -0.25) is 0 Å². The zero-order valence-corrected chi connectivity index (χ0v) is 13.1. The van der Waals surface area contributed by atoms with E-state index in [1.807, 2.05) is 6.92 Å². The summed E-state index contributed by atoms with van der Waals surface area (Å²) in [4.78, 5) is 0. The lowest BCUT2D eigenvalue weighted by molar-refractivity contribution is -0.00315. The molecule has 6 nitrogen and oxygen atoms in total. The van der Waals surface area contributed by atoms with E-state index in [1.54, 1.807) is 12.1 Å². The Morgan fingerprint density at radius 1 is 1.38 bits per heavy atom. The summed E-state index contributed by atoms with van der Waals surface area (Å²) in [5.41, 5.74) is 0. The second-order valence-electron chi connectivity index (χ2n) is 5.64. The Balaban J connectivity index is 1.68. The van der Waals surface area contributed by atoms with E-state index in [-0.39, 0.29) is 11.2 Å². The van der Waals surface area contributed by atoms with Crippen molar-refractivity contribution < 1.29 is 17.6 Å². The summed E-state index contributed by atoms with van der Waals surface area (Å²) in [7, 11) is -3.55. The van der Waals surface area contributed by atoms with Crippen LogP contribution in [0.2, 0.25) is 0 Å². The Morgan fingerprint density at radius 3 is 2.90 bits per heavy atom. The Labute approximate surface area is 125 Å². The van der Waals surface area contributed by atoms with Crippen LogP contribution in [-0.2, 0) is 21.3 Å². The molecule has 3 rings (SSSR count). The first kappa shape index (κ1) is 15.0. The number of rotatable bonds is 6. The van der Waals surface area contributed by atoms with Crippen molar-refractivity contribution in [2.75, 3.05) is 19.7 Å². The number of hydrogen-bond acceptors (Lipinski definition) is 5. The van der Waals surface area contributed by atoms with E-state index >= 15 is 0 Å². The molecule has 1 saturated heterocycles. The Bertz CT molecular complexity index is 580. The van der Waals surface area contributed by atoms with Crippen molar-refractivity contribution in [1.29, 1.82) is 0 Å². The number of ether oxygens (including phenoxy) is 1. The highest BCUT2D eigenvalue weighted by atomic mass is 32.2. The van der Waals surface area contributed by atoms with Crippen LogP contribution in [0.4, 0.5) is 0 Å². The molecular weight excluding hydrogens is 292 g/mol. The highest BCUT2D eigenvalue weighted by Crippen LogP contribution is 2.23. The van der Waals surface area contributed by atoms with Gasteiger partial charge in [-0.15, -0.1) is 0 Å². The summed E-state index contributed by atoms with van der Waals surface area (Å²) < 4.78 is 37.6. The summed E-state index contributed by atoms with van der Waals surface area (Å²) in [6, 6.07) is 3.86. The predicted molar refractivity (Wildman–Crippen MR) is 77.4 cm³/mol. The van der Waals surface area contributed by atoms with Crippen LogP contribution in [-0.4, -0.2) is 44.6 Å². The van der Waals surface area contributed by atoms with E-state index in [9.17, 15) is 8.42 Å². The highest BCUT2D eigenvalue weighted by molar-refractivity contribution is 7.89. The van der Waals surface area contributed by atoms with E-state index in [2.05, 4.69) is 5.32 Å². The maximum Gasteiger partial charge on any atom is 0.276 e. The lowest BCUT2D eigenvalue weighted by atomic mass is 10.2. The van der Waals surface area contributed by atoms with Crippen molar-refractivity contribution in [3.8, 4) is 0 Å². The zero-order chi connectivity index (χ0) is 14.9. The van der Waals surface area contributed by atoms with Crippen molar-refractivity contribution in [1.82, 2.24) is 9.62 Å². The second kappa shape index (κ2) is 6.08. The van der Waals surface area contributed by atoms with Crippen molar-refractivity contribution in [2.24, 2.45) is 0 Å². The molecule has 0 spiro atoms. The molecule has 0 aromatic carbocycles. The highest BCUT2D eigenvalue weighted by Gasteiger charge is 2.32. The van der Waals surface area contributed by atoms with Gasteiger partial charge in [0.1, 0.15) is 5.76 Å². The van der Waals surface area contributed by atoms with Crippen LogP contribution < -0.4 is 5.32 Å². The van der Waals surface area contributed by atoms with E-state index in [4.69, 9.17) is 9.15 Å². The van der Waals surface area contributed by atoms with Gasteiger partial charge in [0, 0.05) is 19.1 Å². The number of nitrogens with one attached hydrogen (secondary N) is 1. The molecule has 21 heavy (non-hydrogen) atoms. The molecule has 2 fully saturated rings. The molecule has 1 saturated carbocycles. The number of sulfonamides is 1. The molecule has 1 aliphatic carbocycles. The molecule has 1 aromatic heterocycles. The average molecular weight is 314 g/mol. The smallest absolute Gasteiger partial charge is 0.276 e. The Hall–Kier alpha value is -0.890. The molecule has 0 amide bonds. The summed E-state index contributed by atoms with van der Waals surface area (Å²) >= 11 is 0. The summed E-state index contributed by atoms with van der Waals surface area (Å²) in [6.45, 7) is 3.80. The Morgan fingerprint density at radius 2 is 2.19 bits per heavy atom. The van der Waals surface area contributed by atoms with Crippen LogP contribution in [0, 0.1) is 0 Å². The van der Waals surface area contributed by atoms with Crippen LogP contribution in [0.15, 0.2) is 21.6 Å². The van der Waals surface area contributed by atoms with Gasteiger partial charge in [-0.25, -0.2) is 8.42 Å². The maximum atomic E-state index is 12.6. The lowest BCUT2D eigenvalue weighted by Gasteiger charge is -2.30. The van der Waals surface area contributed by atoms with Crippen LogP contribution in [0.5, 0.6) is 0 Å². The van der Waals surface area contributed by atoms with Crippen LogP contribution in [0.25, 0.3) is 0 Å². The fourth-order valence-electron chi connectivity index (χ4n) is 2.41. The number of morpholine rings is 1. The summed E-state index contributed by atoms with van der Waals surface area (Å²) in [6.07, 6.45) is 3.16.